The Bertz CT molecular complexity index is 651. The molecule has 5 nitrogen and oxygen atoms in total. The lowest BCUT2D eigenvalue weighted by Crippen LogP contribution is -2.25. The Morgan fingerprint density at radius 2 is 1.76 bits per heavy atom. The SMILES string of the molecule is O=C(NC1CC1)c1cnc(Nc2c(F)cccc2F)nc1. The predicted molar refractivity (Wildman–Crippen MR) is 72.2 cm³/mol. The summed E-state index contributed by atoms with van der Waals surface area (Å²) in [5, 5.41) is 5.25. The highest BCUT2D eigenvalue weighted by Crippen LogP contribution is 2.21. The summed E-state index contributed by atoms with van der Waals surface area (Å²) < 4.78 is 26.9. The molecule has 7 heteroatoms. The molecule has 0 atom stereocenters. The maximum atomic E-state index is 13.5. The molecular formula is C14H12F2N4O. The minimum Gasteiger partial charge on any atom is -0.349 e. The third-order valence-corrected chi connectivity index (χ3v) is 3.03. The number of carbonyl (C=O) groups excluding carboxylic acids is 1. The van der Waals surface area contributed by atoms with E-state index in [4.69, 9.17) is 0 Å². The zero-order valence-corrected chi connectivity index (χ0v) is 10.9. The number of para-hydroxylation sites is 1. The fourth-order valence-electron chi connectivity index (χ4n) is 1.74. The smallest absolute Gasteiger partial charge is 0.254 e. The number of anilines is 2. The van der Waals surface area contributed by atoms with Crippen molar-refractivity contribution in [2.45, 2.75) is 18.9 Å². The minimum atomic E-state index is -0.742. The van der Waals surface area contributed by atoms with E-state index in [-0.39, 0.29) is 23.6 Å². The number of hydrogen-bond donors (Lipinski definition) is 2. The molecule has 1 aliphatic carbocycles. The van der Waals surface area contributed by atoms with Gasteiger partial charge in [-0.05, 0) is 25.0 Å². The number of nitrogens with one attached hydrogen (secondary N) is 2. The van der Waals surface area contributed by atoms with Crippen LogP contribution in [0.2, 0.25) is 0 Å². The van der Waals surface area contributed by atoms with Gasteiger partial charge in [-0.3, -0.25) is 4.79 Å². The number of benzene rings is 1. The largest absolute Gasteiger partial charge is 0.349 e. The molecule has 1 heterocycles. The molecule has 0 bridgehead atoms. The van der Waals surface area contributed by atoms with E-state index in [1.54, 1.807) is 0 Å². The van der Waals surface area contributed by atoms with Gasteiger partial charge in [0, 0.05) is 18.4 Å². The Labute approximate surface area is 119 Å². The first-order valence-electron chi connectivity index (χ1n) is 6.47. The third-order valence-electron chi connectivity index (χ3n) is 3.03. The maximum Gasteiger partial charge on any atom is 0.254 e. The summed E-state index contributed by atoms with van der Waals surface area (Å²) in [6.45, 7) is 0. The molecule has 1 aromatic carbocycles. The number of hydrogen-bond acceptors (Lipinski definition) is 4. The monoisotopic (exact) mass is 290 g/mol. The number of halogens is 2. The highest BCUT2D eigenvalue weighted by molar-refractivity contribution is 5.94. The van der Waals surface area contributed by atoms with Crippen LogP contribution in [-0.4, -0.2) is 21.9 Å². The topological polar surface area (TPSA) is 66.9 Å². The second kappa shape index (κ2) is 5.43. The molecule has 1 aliphatic rings. The van der Waals surface area contributed by atoms with E-state index in [9.17, 15) is 13.6 Å². The number of carbonyl (C=O) groups is 1. The molecule has 0 unspecified atom stereocenters. The quantitative estimate of drug-likeness (QED) is 0.907. The van der Waals surface area contributed by atoms with Crippen molar-refractivity contribution >= 4 is 17.5 Å². The lowest BCUT2D eigenvalue weighted by molar-refractivity contribution is 0.0950. The molecule has 1 amide bonds. The Morgan fingerprint density at radius 1 is 1.14 bits per heavy atom. The van der Waals surface area contributed by atoms with Crippen LogP contribution in [0.3, 0.4) is 0 Å². The molecule has 0 aliphatic heterocycles. The van der Waals surface area contributed by atoms with Crippen LogP contribution in [0.4, 0.5) is 20.4 Å². The van der Waals surface area contributed by atoms with Crippen LogP contribution in [0.5, 0.6) is 0 Å². The highest BCUT2D eigenvalue weighted by atomic mass is 19.1. The van der Waals surface area contributed by atoms with E-state index < -0.39 is 11.6 Å². The van der Waals surface area contributed by atoms with Crippen LogP contribution < -0.4 is 10.6 Å². The van der Waals surface area contributed by atoms with E-state index in [0.717, 1.165) is 25.0 Å². The van der Waals surface area contributed by atoms with Gasteiger partial charge in [-0.2, -0.15) is 0 Å². The fourth-order valence-corrected chi connectivity index (χ4v) is 1.74. The summed E-state index contributed by atoms with van der Waals surface area (Å²) in [5.41, 5.74) is -0.0193. The standard InChI is InChI=1S/C14H12F2N4O/c15-10-2-1-3-11(16)12(10)20-14-17-6-8(7-18-14)13(21)19-9-4-5-9/h1-3,6-7,9H,4-5H2,(H,19,21)(H,17,18,20). The number of aromatic nitrogens is 2. The predicted octanol–water partition coefficient (Wildman–Crippen LogP) is 2.39. The maximum absolute atomic E-state index is 13.5. The molecule has 1 saturated carbocycles. The lowest BCUT2D eigenvalue weighted by Gasteiger charge is -2.07. The summed E-state index contributed by atoms with van der Waals surface area (Å²) in [6, 6.07) is 3.76. The Kier molecular flexibility index (Phi) is 3.47. The normalized spacial score (nSPS) is 13.8. The highest BCUT2D eigenvalue weighted by Gasteiger charge is 2.24. The number of amides is 1. The first-order valence-corrected chi connectivity index (χ1v) is 6.47. The summed E-state index contributed by atoms with van der Waals surface area (Å²) in [6.07, 6.45) is 4.59. The third kappa shape index (κ3) is 3.13. The van der Waals surface area contributed by atoms with Gasteiger partial charge in [-0.1, -0.05) is 6.07 Å². The molecule has 0 radical (unpaired) electrons. The molecule has 0 saturated heterocycles. The summed E-state index contributed by atoms with van der Waals surface area (Å²) in [5.74, 6) is -1.72. The van der Waals surface area contributed by atoms with Crippen LogP contribution in [0.15, 0.2) is 30.6 Å². The molecular weight excluding hydrogens is 278 g/mol. The van der Waals surface area contributed by atoms with Gasteiger partial charge in [0.15, 0.2) is 0 Å². The van der Waals surface area contributed by atoms with Crippen LogP contribution >= 0.6 is 0 Å². The lowest BCUT2D eigenvalue weighted by atomic mass is 10.3. The van der Waals surface area contributed by atoms with E-state index in [1.165, 1.54) is 18.5 Å². The number of nitrogens with zero attached hydrogens (tertiary/aromatic N) is 2. The van der Waals surface area contributed by atoms with Gasteiger partial charge in [0.25, 0.3) is 5.91 Å². The van der Waals surface area contributed by atoms with Gasteiger partial charge in [0.2, 0.25) is 5.95 Å². The molecule has 2 N–H and O–H groups in total. The Morgan fingerprint density at radius 3 is 2.33 bits per heavy atom. The fraction of sp³-hybridized carbons (Fsp3) is 0.214. The first-order chi connectivity index (χ1) is 10.1. The minimum absolute atomic E-state index is 0.0157. The van der Waals surface area contributed by atoms with E-state index in [1.807, 2.05) is 0 Å². The Hall–Kier alpha value is -2.57. The van der Waals surface area contributed by atoms with E-state index >= 15 is 0 Å². The summed E-state index contributed by atoms with van der Waals surface area (Å²) in [7, 11) is 0. The van der Waals surface area contributed by atoms with E-state index in [0.29, 0.717) is 5.56 Å². The van der Waals surface area contributed by atoms with Gasteiger partial charge >= 0.3 is 0 Å². The second-order valence-electron chi connectivity index (χ2n) is 4.76. The first kappa shape index (κ1) is 13.4. The van der Waals surface area contributed by atoms with E-state index in [2.05, 4.69) is 20.6 Å². The number of rotatable bonds is 4. The van der Waals surface area contributed by atoms with Crippen LogP contribution in [0.1, 0.15) is 23.2 Å². The summed E-state index contributed by atoms with van der Waals surface area (Å²) in [4.78, 5) is 19.5. The van der Waals surface area contributed by atoms with Crippen molar-refractivity contribution in [2.24, 2.45) is 0 Å². The molecule has 3 rings (SSSR count). The van der Waals surface area contributed by atoms with Crippen LogP contribution in [0.25, 0.3) is 0 Å². The average molecular weight is 290 g/mol. The van der Waals surface area contributed by atoms with Crippen molar-refractivity contribution in [3.05, 3.63) is 47.8 Å². The van der Waals surface area contributed by atoms with Crippen LogP contribution in [0, 0.1) is 11.6 Å². The van der Waals surface area contributed by atoms with Crippen molar-refractivity contribution < 1.29 is 13.6 Å². The summed E-state index contributed by atoms with van der Waals surface area (Å²) >= 11 is 0. The molecule has 108 valence electrons. The molecule has 0 spiro atoms. The van der Waals surface area contributed by atoms with Gasteiger partial charge in [-0.15, -0.1) is 0 Å². The van der Waals surface area contributed by atoms with Gasteiger partial charge < -0.3 is 10.6 Å². The van der Waals surface area contributed by atoms with Crippen molar-refractivity contribution in [2.75, 3.05) is 5.32 Å². The van der Waals surface area contributed by atoms with Crippen molar-refractivity contribution in [3.8, 4) is 0 Å². The van der Waals surface area contributed by atoms with Crippen molar-refractivity contribution in [1.29, 1.82) is 0 Å². The van der Waals surface area contributed by atoms with Gasteiger partial charge in [-0.25, -0.2) is 18.7 Å². The molecule has 2 aromatic rings. The zero-order valence-electron chi connectivity index (χ0n) is 10.9. The van der Waals surface area contributed by atoms with Gasteiger partial charge in [0.05, 0.1) is 5.56 Å². The second-order valence-corrected chi connectivity index (χ2v) is 4.76. The van der Waals surface area contributed by atoms with Crippen LogP contribution in [-0.2, 0) is 0 Å². The van der Waals surface area contributed by atoms with Crippen molar-refractivity contribution in [1.82, 2.24) is 15.3 Å². The molecule has 1 aromatic heterocycles. The van der Waals surface area contributed by atoms with Gasteiger partial charge in [0.1, 0.15) is 17.3 Å². The Balaban J connectivity index is 1.73. The average Bonchev–Trinajstić information content (AvgIpc) is 3.28. The zero-order chi connectivity index (χ0) is 14.8. The molecule has 1 fully saturated rings. The van der Waals surface area contributed by atoms with Crippen molar-refractivity contribution in [3.63, 3.8) is 0 Å². The molecule has 21 heavy (non-hydrogen) atoms.